The van der Waals surface area contributed by atoms with Crippen LogP contribution in [0.3, 0.4) is 0 Å². The third kappa shape index (κ3) is 1.85. The Morgan fingerprint density at radius 3 is 2.19 bits per heavy atom. The highest BCUT2D eigenvalue weighted by atomic mass is 16.5. The SMILES string of the molecule is COc1ccc2c(c1)c(C1N3CC4(C)CN1CC(C)(C3)C4=O)c(C)n2C. The molecule has 1 aromatic carbocycles. The van der Waals surface area contributed by atoms with Crippen LogP contribution in [0, 0.1) is 17.8 Å². The van der Waals surface area contributed by atoms with Crippen LogP contribution in [0.15, 0.2) is 18.2 Å². The van der Waals surface area contributed by atoms with Gasteiger partial charge >= 0.3 is 0 Å². The number of aryl methyl sites for hydroxylation is 1. The maximum absolute atomic E-state index is 13.0. The van der Waals surface area contributed by atoms with E-state index >= 15 is 0 Å². The molecule has 138 valence electrons. The van der Waals surface area contributed by atoms with Crippen molar-refractivity contribution in [2.45, 2.75) is 26.9 Å². The average Bonchev–Trinajstić information content (AvgIpc) is 2.83. The minimum Gasteiger partial charge on any atom is -0.497 e. The molecular weight excluding hydrogens is 326 g/mol. The Balaban J connectivity index is 1.68. The van der Waals surface area contributed by atoms with E-state index in [1.807, 2.05) is 6.07 Å². The molecule has 4 bridgehead atoms. The third-order valence-electron chi connectivity index (χ3n) is 7.00. The Morgan fingerprint density at radius 2 is 1.65 bits per heavy atom. The number of ketones is 1. The smallest absolute Gasteiger partial charge is 0.149 e. The first-order valence-corrected chi connectivity index (χ1v) is 9.43. The van der Waals surface area contributed by atoms with Crippen molar-refractivity contribution in [1.82, 2.24) is 14.4 Å². The van der Waals surface area contributed by atoms with Gasteiger partial charge in [0, 0.05) is 55.4 Å². The van der Waals surface area contributed by atoms with Gasteiger partial charge in [-0.1, -0.05) is 13.8 Å². The molecule has 2 aromatic rings. The lowest BCUT2D eigenvalue weighted by atomic mass is 9.62. The summed E-state index contributed by atoms with van der Waals surface area (Å²) in [6.45, 7) is 9.97. The lowest BCUT2D eigenvalue weighted by Crippen LogP contribution is -2.75. The summed E-state index contributed by atoms with van der Waals surface area (Å²) >= 11 is 0. The average molecular weight is 353 g/mol. The summed E-state index contributed by atoms with van der Waals surface area (Å²) in [5, 5.41) is 1.27. The van der Waals surface area contributed by atoms with Crippen LogP contribution in [0.2, 0.25) is 0 Å². The zero-order chi connectivity index (χ0) is 18.4. The second-order valence-electron chi connectivity index (χ2n) is 9.08. The number of fused-ring (bicyclic) bond motifs is 1. The Bertz CT molecular complexity index is 904. The van der Waals surface area contributed by atoms with Crippen molar-refractivity contribution >= 4 is 16.7 Å². The Labute approximate surface area is 154 Å². The maximum atomic E-state index is 13.0. The highest BCUT2D eigenvalue weighted by Gasteiger charge is 2.62. The van der Waals surface area contributed by atoms with Crippen molar-refractivity contribution in [3.8, 4) is 5.75 Å². The van der Waals surface area contributed by atoms with E-state index in [1.54, 1.807) is 7.11 Å². The molecule has 6 rings (SSSR count). The first-order chi connectivity index (χ1) is 12.3. The Morgan fingerprint density at radius 1 is 1.08 bits per heavy atom. The summed E-state index contributed by atoms with van der Waals surface area (Å²) in [7, 11) is 3.86. The van der Waals surface area contributed by atoms with E-state index in [4.69, 9.17) is 4.74 Å². The molecule has 5 heteroatoms. The van der Waals surface area contributed by atoms with Crippen molar-refractivity contribution < 1.29 is 9.53 Å². The second kappa shape index (κ2) is 4.90. The van der Waals surface area contributed by atoms with E-state index in [0.29, 0.717) is 5.78 Å². The monoisotopic (exact) mass is 353 g/mol. The number of ether oxygens (including phenoxy) is 1. The van der Waals surface area contributed by atoms with Gasteiger partial charge < -0.3 is 9.30 Å². The van der Waals surface area contributed by atoms with Gasteiger partial charge in [0.05, 0.1) is 24.1 Å². The first-order valence-electron chi connectivity index (χ1n) is 9.43. The van der Waals surface area contributed by atoms with Crippen LogP contribution in [0.4, 0.5) is 0 Å². The van der Waals surface area contributed by atoms with Crippen LogP contribution in [0.25, 0.3) is 10.9 Å². The van der Waals surface area contributed by atoms with Gasteiger partial charge in [0.15, 0.2) is 0 Å². The van der Waals surface area contributed by atoms with E-state index in [2.05, 4.69) is 54.3 Å². The summed E-state index contributed by atoms with van der Waals surface area (Å²) in [4.78, 5) is 18.0. The number of piperidine rings is 2. The molecule has 0 amide bonds. The largest absolute Gasteiger partial charge is 0.497 e. The van der Waals surface area contributed by atoms with Crippen LogP contribution >= 0.6 is 0 Å². The van der Waals surface area contributed by atoms with Crippen molar-refractivity contribution in [3.63, 3.8) is 0 Å². The molecule has 4 aliphatic heterocycles. The van der Waals surface area contributed by atoms with Gasteiger partial charge in [0.1, 0.15) is 11.5 Å². The predicted molar refractivity (Wildman–Crippen MR) is 101 cm³/mol. The number of Topliss-reactive ketones (excluding diaryl/α,β-unsaturated/α-hetero) is 1. The van der Waals surface area contributed by atoms with Crippen molar-refractivity contribution in [2.24, 2.45) is 17.9 Å². The molecule has 0 spiro atoms. The van der Waals surface area contributed by atoms with Gasteiger partial charge in [0.25, 0.3) is 0 Å². The van der Waals surface area contributed by atoms with E-state index in [1.165, 1.54) is 22.2 Å². The third-order valence-corrected chi connectivity index (χ3v) is 7.00. The van der Waals surface area contributed by atoms with Crippen molar-refractivity contribution in [2.75, 3.05) is 33.3 Å². The van der Waals surface area contributed by atoms with E-state index < -0.39 is 0 Å². The molecule has 0 unspecified atom stereocenters. The van der Waals surface area contributed by atoms with Crippen LogP contribution in [0.1, 0.15) is 31.3 Å². The van der Waals surface area contributed by atoms with Crippen LogP contribution in [0.5, 0.6) is 5.75 Å². The molecule has 4 saturated heterocycles. The highest BCUT2D eigenvalue weighted by Crippen LogP contribution is 2.53. The number of benzene rings is 1. The summed E-state index contributed by atoms with van der Waals surface area (Å²) in [6, 6.07) is 6.35. The zero-order valence-electron chi connectivity index (χ0n) is 16.3. The topological polar surface area (TPSA) is 37.7 Å². The van der Waals surface area contributed by atoms with Gasteiger partial charge in [0.2, 0.25) is 0 Å². The number of nitrogens with zero attached hydrogens (tertiary/aromatic N) is 3. The van der Waals surface area contributed by atoms with Crippen molar-refractivity contribution in [1.29, 1.82) is 0 Å². The summed E-state index contributed by atoms with van der Waals surface area (Å²) in [5.74, 6) is 1.36. The molecule has 5 nitrogen and oxygen atoms in total. The molecule has 26 heavy (non-hydrogen) atoms. The summed E-state index contributed by atoms with van der Waals surface area (Å²) < 4.78 is 7.78. The molecule has 0 N–H and O–H groups in total. The number of hydrogen-bond acceptors (Lipinski definition) is 4. The highest BCUT2D eigenvalue weighted by molar-refractivity contribution is 5.93. The maximum Gasteiger partial charge on any atom is 0.149 e. The molecule has 5 heterocycles. The standard InChI is InChI=1S/C21H27N3O2/c1-13-17(15-8-14(26-5)6-7-16(15)22(13)4)18-23-9-20(2)10-24(18)12-21(3,11-23)19(20)25/h6-8,18H,9-12H2,1-5H3. The summed E-state index contributed by atoms with van der Waals surface area (Å²) in [5.41, 5.74) is 3.46. The van der Waals surface area contributed by atoms with Gasteiger partial charge in [-0.25, -0.2) is 0 Å². The van der Waals surface area contributed by atoms with Crippen molar-refractivity contribution in [3.05, 3.63) is 29.5 Å². The molecule has 1 aromatic heterocycles. The molecule has 0 radical (unpaired) electrons. The van der Waals surface area contributed by atoms with Crippen LogP contribution in [-0.2, 0) is 11.8 Å². The molecule has 0 aliphatic carbocycles. The predicted octanol–water partition coefficient (Wildman–Crippen LogP) is 2.72. The number of carbonyl (C=O) groups excluding carboxylic acids is 1. The quantitative estimate of drug-likeness (QED) is 0.832. The number of aromatic nitrogens is 1. The van der Waals surface area contributed by atoms with E-state index in [0.717, 1.165) is 31.9 Å². The number of methoxy groups -OCH3 is 1. The van der Waals surface area contributed by atoms with E-state index in [-0.39, 0.29) is 17.0 Å². The molecule has 0 saturated carbocycles. The Hall–Kier alpha value is -1.85. The number of hydrogen-bond donors (Lipinski definition) is 0. The minimum atomic E-state index is -0.224. The van der Waals surface area contributed by atoms with E-state index in [9.17, 15) is 4.79 Å². The fraction of sp³-hybridized carbons (Fsp3) is 0.571. The minimum absolute atomic E-state index is 0.224. The molecule has 4 aliphatic rings. The fourth-order valence-electron chi connectivity index (χ4n) is 6.00. The molecular formula is C21H27N3O2. The second-order valence-corrected chi connectivity index (χ2v) is 9.08. The van der Waals surface area contributed by atoms with Crippen LogP contribution in [-0.4, -0.2) is 53.4 Å². The molecule has 4 fully saturated rings. The first kappa shape index (κ1) is 16.3. The molecule has 0 atom stereocenters. The lowest BCUT2D eigenvalue weighted by Gasteiger charge is -2.64. The normalized spacial score (nSPS) is 38.3. The van der Waals surface area contributed by atoms with Gasteiger partial charge in [-0.2, -0.15) is 0 Å². The van der Waals surface area contributed by atoms with Gasteiger partial charge in [-0.05, 0) is 25.1 Å². The zero-order valence-corrected chi connectivity index (χ0v) is 16.3. The number of rotatable bonds is 2. The number of carbonyl (C=O) groups is 1. The Kier molecular flexibility index (Phi) is 3.08. The van der Waals surface area contributed by atoms with Gasteiger partial charge in [-0.3, -0.25) is 14.6 Å². The fourth-order valence-corrected chi connectivity index (χ4v) is 6.00. The summed E-state index contributed by atoms with van der Waals surface area (Å²) in [6.07, 6.45) is 0.250. The van der Waals surface area contributed by atoms with Crippen LogP contribution < -0.4 is 4.74 Å². The van der Waals surface area contributed by atoms with Gasteiger partial charge in [-0.15, -0.1) is 0 Å². The lowest BCUT2D eigenvalue weighted by molar-refractivity contribution is -0.196.